The second kappa shape index (κ2) is 13.1. The zero-order valence-corrected chi connectivity index (χ0v) is 18.7. The Morgan fingerprint density at radius 2 is 1.70 bits per heavy atom. The maximum absolute atomic E-state index is 11.9. The first kappa shape index (κ1) is 23.9. The van der Waals surface area contributed by atoms with Gasteiger partial charge in [0, 0.05) is 12.1 Å². The Balaban J connectivity index is 1.99. The molecule has 1 heterocycles. The lowest BCUT2D eigenvalue weighted by Crippen LogP contribution is -2.19. The van der Waals surface area contributed by atoms with Crippen molar-refractivity contribution in [3.8, 4) is 17.0 Å². The molecule has 2 aromatic rings. The number of aromatic nitrogens is 2. The van der Waals surface area contributed by atoms with E-state index in [9.17, 15) is 4.79 Å². The fraction of sp³-hybridized carbons (Fsp3) is 0.583. The number of hydroxylamine groups is 1. The van der Waals surface area contributed by atoms with Crippen LogP contribution in [0.4, 0.5) is 0 Å². The van der Waals surface area contributed by atoms with Crippen molar-refractivity contribution in [2.24, 2.45) is 5.92 Å². The summed E-state index contributed by atoms with van der Waals surface area (Å²) in [4.78, 5) is 11.9. The predicted octanol–water partition coefficient (Wildman–Crippen LogP) is 5.84. The van der Waals surface area contributed by atoms with Crippen molar-refractivity contribution in [1.82, 2.24) is 15.3 Å². The highest BCUT2D eigenvalue weighted by Crippen LogP contribution is 2.24. The maximum Gasteiger partial charge on any atom is 0.295 e. The Bertz CT molecular complexity index is 754. The van der Waals surface area contributed by atoms with E-state index in [2.05, 4.69) is 25.9 Å². The molecule has 0 aliphatic carbocycles. The average molecular weight is 416 g/mol. The summed E-state index contributed by atoms with van der Waals surface area (Å²) in [6.07, 6.45) is 9.91. The summed E-state index contributed by atoms with van der Waals surface area (Å²) in [5.41, 5.74) is 3.73. The Kier molecular flexibility index (Phi) is 10.4. The SMILES string of the molecule is CCCCCCCCCCn1nc(C(=O)NO)cc1-c1ccc(OCC(C)C)cc1. The second-order valence-corrected chi connectivity index (χ2v) is 8.28. The molecule has 1 aromatic heterocycles. The van der Waals surface area contributed by atoms with Gasteiger partial charge in [0.15, 0.2) is 5.69 Å². The Labute approximate surface area is 180 Å². The molecule has 6 heteroatoms. The van der Waals surface area contributed by atoms with Crippen LogP contribution in [0.25, 0.3) is 11.3 Å². The predicted molar refractivity (Wildman–Crippen MR) is 120 cm³/mol. The first-order valence-corrected chi connectivity index (χ1v) is 11.3. The summed E-state index contributed by atoms with van der Waals surface area (Å²) in [5, 5.41) is 13.4. The fourth-order valence-corrected chi connectivity index (χ4v) is 3.37. The molecule has 0 bridgehead atoms. The molecule has 0 aliphatic rings. The van der Waals surface area contributed by atoms with Crippen molar-refractivity contribution < 1.29 is 14.7 Å². The van der Waals surface area contributed by atoms with Gasteiger partial charge in [0.2, 0.25) is 0 Å². The van der Waals surface area contributed by atoms with Crippen molar-refractivity contribution in [3.05, 3.63) is 36.0 Å². The minimum absolute atomic E-state index is 0.215. The van der Waals surface area contributed by atoms with E-state index in [4.69, 9.17) is 9.94 Å². The van der Waals surface area contributed by atoms with Crippen molar-refractivity contribution in [3.63, 3.8) is 0 Å². The minimum Gasteiger partial charge on any atom is -0.493 e. The fourth-order valence-electron chi connectivity index (χ4n) is 3.37. The summed E-state index contributed by atoms with van der Waals surface area (Å²) in [5.74, 6) is 0.704. The van der Waals surface area contributed by atoms with Gasteiger partial charge in [-0.15, -0.1) is 0 Å². The molecule has 0 atom stereocenters. The lowest BCUT2D eigenvalue weighted by atomic mass is 10.1. The molecule has 6 nitrogen and oxygen atoms in total. The van der Waals surface area contributed by atoms with Gasteiger partial charge in [0.25, 0.3) is 5.91 Å². The van der Waals surface area contributed by atoms with Crippen LogP contribution in [0.2, 0.25) is 0 Å². The molecular weight excluding hydrogens is 378 g/mol. The van der Waals surface area contributed by atoms with Crippen molar-refractivity contribution in [2.75, 3.05) is 6.61 Å². The van der Waals surface area contributed by atoms with E-state index in [0.29, 0.717) is 12.5 Å². The molecule has 0 saturated carbocycles. The van der Waals surface area contributed by atoms with E-state index >= 15 is 0 Å². The minimum atomic E-state index is -0.595. The summed E-state index contributed by atoms with van der Waals surface area (Å²) in [6.45, 7) is 7.89. The van der Waals surface area contributed by atoms with Gasteiger partial charge < -0.3 is 4.74 Å². The van der Waals surface area contributed by atoms with Gasteiger partial charge in [-0.25, -0.2) is 5.48 Å². The highest BCUT2D eigenvalue weighted by atomic mass is 16.5. The third kappa shape index (κ3) is 7.82. The number of nitrogens with zero attached hydrogens (tertiary/aromatic N) is 2. The summed E-state index contributed by atoms with van der Waals surface area (Å²) < 4.78 is 7.62. The lowest BCUT2D eigenvalue weighted by molar-refractivity contribution is 0.0699. The molecule has 2 rings (SSSR count). The Hall–Kier alpha value is -2.34. The second-order valence-electron chi connectivity index (χ2n) is 8.28. The van der Waals surface area contributed by atoms with Crippen molar-refractivity contribution >= 4 is 5.91 Å². The van der Waals surface area contributed by atoms with E-state index in [0.717, 1.165) is 36.4 Å². The number of hydrogen-bond donors (Lipinski definition) is 2. The summed E-state index contributed by atoms with van der Waals surface area (Å²) in [6, 6.07) is 9.57. The number of carbonyl (C=O) groups is 1. The highest BCUT2D eigenvalue weighted by Gasteiger charge is 2.15. The summed E-state index contributed by atoms with van der Waals surface area (Å²) in [7, 11) is 0. The molecule has 166 valence electrons. The number of hydrogen-bond acceptors (Lipinski definition) is 4. The molecule has 1 aromatic carbocycles. The van der Waals surface area contributed by atoms with Gasteiger partial charge in [-0.1, -0.05) is 65.7 Å². The van der Waals surface area contributed by atoms with E-state index in [-0.39, 0.29) is 5.69 Å². The van der Waals surface area contributed by atoms with E-state index in [1.54, 1.807) is 11.5 Å². The van der Waals surface area contributed by atoms with Gasteiger partial charge in [-0.2, -0.15) is 5.10 Å². The molecule has 0 spiro atoms. The van der Waals surface area contributed by atoms with Gasteiger partial charge >= 0.3 is 0 Å². The molecule has 2 N–H and O–H groups in total. The average Bonchev–Trinajstić information content (AvgIpc) is 3.18. The summed E-state index contributed by atoms with van der Waals surface area (Å²) >= 11 is 0. The molecule has 0 saturated heterocycles. The van der Waals surface area contributed by atoms with E-state index < -0.39 is 5.91 Å². The zero-order chi connectivity index (χ0) is 21.8. The van der Waals surface area contributed by atoms with E-state index in [1.807, 2.05) is 28.9 Å². The van der Waals surface area contributed by atoms with Crippen LogP contribution in [0.5, 0.6) is 5.75 Å². The van der Waals surface area contributed by atoms with Gasteiger partial charge in [0.1, 0.15) is 5.75 Å². The van der Waals surface area contributed by atoms with E-state index in [1.165, 1.54) is 38.5 Å². The number of amides is 1. The molecule has 30 heavy (non-hydrogen) atoms. The number of ether oxygens (including phenoxy) is 1. The number of nitrogens with one attached hydrogen (secondary N) is 1. The van der Waals surface area contributed by atoms with Gasteiger partial charge in [0.05, 0.1) is 12.3 Å². The largest absolute Gasteiger partial charge is 0.493 e. The third-order valence-corrected chi connectivity index (χ3v) is 5.07. The number of unbranched alkanes of at least 4 members (excludes halogenated alkanes) is 7. The van der Waals surface area contributed by atoms with Crippen LogP contribution >= 0.6 is 0 Å². The monoisotopic (exact) mass is 415 g/mol. The van der Waals surface area contributed by atoms with Crippen LogP contribution in [-0.2, 0) is 6.54 Å². The van der Waals surface area contributed by atoms with Crippen LogP contribution in [0, 0.1) is 5.92 Å². The quantitative estimate of drug-likeness (QED) is 0.231. The molecule has 0 radical (unpaired) electrons. The first-order chi connectivity index (χ1) is 14.5. The molecular formula is C24H37N3O3. The zero-order valence-electron chi connectivity index (χ0n) is 18.7. The topological polar surface area (TPSA) is 76.4 Å². The van der Waals surface area contributed by atoms with Crippen LogP contribution in [0.3, 0.4) is 0 Å². The van der Waals surface area contributed by atoms with Crippen LogP contribution in [0.1, 0.15) is 82.6 Å². The van der Waals surface area contributed by atoms with Crippen LogP contribution in [-0.4, -0.2) is 27.5 Å². The number of benzene rings is 1. The maximum atomic E-state index is 11.9. The number of aryl methyl sites for hydroxylation is 1. The lowest BCUT2D eigenvalue weighted by Gasteiger charge is -2.10. The Morgan fingerprint density at radius 3 is 2.30 bits per heavy atom. The normalized spacial score (nSPS) is 11.1. The molecule has 1 amide bonds. The smallest absolute Gasteiger partial charge is 0.295 e. The number of carbonyl (C=O) groups excluding carboxylic acids is 1. The van der Waals surface area contributed by atoms with Crippen LogP contribution in [0.15, 0.2) is 30.3 Å². The standard InChI is InChI=1S/C24H37N3O3/c1-4-5-6-7-8-9-10-11-16-27-23(17-22(25-27)24(28)26-29)20-12-14-21(15-13-20)30-18-19(2)3/h12-15,17,19,29H,4-11,16,18H2,1-3H3,(H,26,28). The number of rotatable bonds is 14. The van der Waals surface area contributed by atoms with Crippen molar-refractivity contribution in [1.29, 1.82) is 0 Å². The first-order valence-electron chi connectivity index (χ1n) is 11.3. The van der Waals surface area contributed by atoms with Crippen molar-refractivity contribution in [2.45, 2.75) is 78.7 Å². The molecule has 0 unspecified atom stereocenters. The van der Waals surface area contributed by atoms with Gasteiger partial charge in [-0.3, -0.25) is 14.7 Å². The third-order valence-electron chi connectivity index (χ3n) is 5.07. The van der Waals surface area contributed by atoms with Crippen LogP contribution < -0.4 is 10.2 Å². The molecule has 0 aliphatic heterocycles. The highest BCUT2D eigenvalue weighted by molar-refractivity contribution is 5.92. The van der Waals surface area contributed by atoms with Gasteiger partial charge in [-0.05, 0) is 42.7 Å². The molecule has 0 fully saturated rings. The Morgan fingerprint density at radius 1 is 1.07 bits per heavy atom.